The zero-order valence-electron chi connectivity index (χ0n) is 20.5. The Bertz CT molecular complexity index is 473. The Kier molecular flexibility index (Phi) is 9.46. The Balaban J connectivity index is 1.82. The maximum Gasteiger partial charge on any atom is 0.163 e. The Morgan fingerprint density at radius 2 is 1.41 bits per heavy atom. The second-order valence-corrected chi connectivity index (χ2v) is 11.2. The van der Waals surface area contributed by atoms with Crippen LogP contribution in [-0.2, 0) is 18.9 Å². The van der Waals surface area contributed by atoms with Gasteiger partial charge in [0.05, 0.1) is 26.4 Å². The highest BCUT2D eigenvalue weighted by molar-refractivity contribution is 4.98. The van der Waals surface area contributed by atoms with Crippen molar-refractivity contribution in [1.29, 1.82) is 0 Å². The summed E-state index contributed by atoms with van der Waals surface area (Å²) in [5, 5.41) is 0. The molecule has 0 heterocycles. The van der Waals surface area contributed by atoms with Gasteiger partial charge in [0, 0.05) is 5.92 Å². The minimum atomic E-state index is -0.174. The van der Waals surface area contributed by atoms with Crippen molar-refractivity contribution in [2.24, 2.45) is 40.4 Å². The van der Waals surface area contributed by atoms with E-state index < -0.39 is 0 Å². The predicted molar refractivity (Wildman–Crippen MR) is 119 cm³/mol. The van der Waals surface area contributed by atoms with Gasteiger partial charge in [-0.15, -0.1) is 0 Å². The molecule has 0 aromatic heterocycles. The fourth-order valence-corrected chi connectivity index (χ4v) is 4.82. The molecule has 0 radical (unpaired) electrons. The summed E-state index contributed by atoms with van der Waals surface area (Å²) < 4.78 is 24.1. The van der Waals surface area contributed by atoms with E-state index in [9.17, 15) is 0 Å². The van der Waals surface area contributed by atoms with E-state index in [0.29, 0.717) is 31.8 Å². The Morgan fingerprint density at radius 1 is 0.793 bits per heavy atom. The zero-order valence-corrected chi connectivity index (χ0v) is 20.5. The van der Waals surface area contributed by atoms with Gasteiger partial charge in [0.2, 0.25) is 0 Å². The van der Waals surface area contributed by atoms with E-state index in [-0.39, 0.29) is 17.1 Å². The molecule has 0 aromatic rings. The van der Waals surface area contributed by atoms with Crippen molar-refractivity contribution in [3.8, 4) is 0 Å². The average Bonchev–Trinajstić information content (AvgIpc) is 3.23. The van der Waals surface area contributed by atoms with Crippen molar-refractivity contribution in [3.05, 3.63) is 0 Å². The molecule has 2 saturated carbocycles. The third kappa shape index (κ3) is 7.19. The van der Waals surface area contributed by atoms with E-state index in [2.05, 4.69) is 55.4 Å². The average molecular weight is 413 g/mol. The van der Waals surface area contributed by atoms with Crippen LogP contribution in [0.15, 0.2) is 0 Å². The first-order valence-electron chi connectivity index (χ1n) is 12.0. The fourth-order valence-electron chi connectivity index (χ4n) is 4.82. The smallest absolute Gasteiger partial charge is 0.163 e. The van der Waals surface area contributed by atoms with Crippen LogP contribution in [0.3, 0.4) is 0 Å². The minimum Gasteiger partial charge on any atom is -0.379 e. The van der Waals surface area contributed by atoms with Crippen LogP contribution in [-0.4, -0.2) is 39.5 Å². The van der Waals surface area contributed by atoms with E-state index in [4.69, 9.17) is 18.9 Å². The van der Waals surface area contributed by atoms with Crippen LogP contribution in [0.1, 0.15) is 81.1 Å². The molecule has 29 heavy (non-hydrogen) atoms. The lowest BCUT2D eigenvalue weighted by Gasteiger charge is -2.36. The minimum absolute atomic E-state index is 0.174. The standard InChI is InChI=1S/C25H48O4/c1-9-24(5,6)15-26-11-12-28-23(29-17-27-16-25(7,8)10-2)22-14-20-13-21(22)19(4)18(20)3/h18-23H,9-17H2,1-8H3. The van der Waals surface area contributed by atoms with Crippen LogP contribution in [0.5, 0.6) is 0 Å². The molecule has 2 bridgehead atoms. The molecule has 0 N–H and O–H groups in total. The number of fused-ring (bicyclic) bond motifs is 2. The van der Waals surface area contributed by atoms with Crippen LogP contribution >= 0.6 is 0 Å². The van der Waals surface area contributed by atoms with Gasteiger partial charge in [0.1, 0.15) is 6.79 Å². The second-order valence-electron chi connectivity index (χ2n) is 11.2. The van der Waals surface area contributed by atoms with E-state index >= 15 is 0 Å². The van der Waals surface area contributed by atoms with Crippen molar-refractivity contribution in [1.82, 2.24) is 0 Å². The molecule has 2 aliphatic rings. The van der Waals surface area contributed by atoms with E-state index in [1.165, 1.54) is 12.8 Å². The quantitative estimate of drug-likeness (QED) is 0.254. The number of rotatable bonds is 14. The van der Waals surface area contributed by atoms with Crippen molar-refractivity contribution in [2.45, 2.75) is 87.4 Å². The summed E-state index contributed by atoms with van der Waals surface area (Å²) in [5.41, 5.74) is 0.419. The molecule has 6 atom stereocenters. The predicted octanol–water partition coefficient (Wildman–Crippen LogP) is 6.14. The molecule has 0 saturated heterocycles. The Morgan fingerprint density at radius 3 is 1.97 bits per heavy atom. The first-order valence-corrected chi connectivity index (χ1v) is 12.0. The molecule has 172 valence electrons. The van der Waals surface area contributed by atoms with Crippen molar-refractivity contribution in [2.75, 3.05) is 33.2 Å². The fraction of sp³-hybridized carbons (Fsp3) is 1.00. The van der Waals surface area contributed by atoms with Crippen molar-refractivity contribution < 1.29 is 18.9 Å². The molecule has 0 aromatic carbocycles. The molecule has 0 spiro atoms. The number of hydrogen-bond acceptors (Lipinski definition) is 4. The van der Waals surface area contributed by atoms with Crippen LogP contribution in [0.4, 0.5) is 0 Å². The summed E-state index contributed by atoms with van der Waals surface area (Å²) in [6.45, 7) is 21.2. The van der Waals surface area contributed by atoms with E-state index in [1.54, 1.807) is 0 Å². The topological polar surface area (TPSA) is 36.9 Å². The molecular formula is C25H48O4. The van der Waals surface area contributed by atoms with Gasteiger partial charge in [-0.05, 0) is 60.2 Å². The van der Waals surface area contributed by atoms with Gasteiger partial charge in [0.25, 0.3) is 0 Å². The Labute approximate surface area is 180 Å². The van der Waals surface area contributed by atoms with E-state index in [1.807, 2.05) is 0 Å². The lowest BCUT2D eigenvalue weighted by Crippen LogP contribution is -2.37. The summed E-state index contributed by atoms with van der Waals surface area (Å²) in [5.74, 6) is 3.62. The van der Waals surface area contributed by atoms with Crippen molar-refractivity contribution in [3.63, 3.8) is 0 Å². The van der Waals surface area contributed by atoms with Crippen LogP contribution < -0.4 is 0 Å². The van der Waals surface area contributed by atoms with Crippen LogP contribution in [0.2, 0.25) is 0 Å². The maximum absolute atomic E-state index is 6.24. The molecule has 2 rings (SSSR count). The highest BCUT2D eigenvalue weighted by atomic mass is 16.7. The lowest BCUT2D eigenvalue weighted by atomic mass is 9.75. The lowest BCUT2D eigenvalue weighted by molar-refractivity contribution is -0.234. The second kappa shape index (κ2) is 10.9. The first kappa shape index (κ1) is 25.1. The first-order chi connectivity index (χ1) is 13.6. The van der Waals surface area contributed by atoms with Gasteiger partial charge in [0.15, 0.2) is 6.29 Å². The molecule has 2 aliphatic carbocycles. The number of hydrogen-bond donors (Lipinski definition) is 0. The summed E-state index contributed by atoms with van der Waals surface area (Å²) in [7, 11) is 0. The van der Waals surface area contributed by atoms with Gasteiger partial charge in [-0.1, -0.05) is 55.4 Å². The summed E-state index contributed by atoms with van der Waals surface area (Å²) >= 11 is 0. The molecule has 0 aliphatic heterocycles. The SMILES string of the molecule is CCC(C)(C)COCCOC(OCOCC(C)(C)CC)C1CC2CC1C(C)C2C. The van der Waals surface area contributed by atoms with Gasteiger partial charge < -0.3 is 18.9 Å². The molecule has 4 heteroatoms. The molecule has 4 nitrogen and oxygen atoms in total. The third-order valence-electron chi connectivity index (χ3n) is 8.02. The number of ether oxygens (including phenoxy) is 4. The molecule has 2 fully saturated rings. The summed E-state index contributed by atoms with van der Waals surface area (Å²) in [4.78, 5) is 0. The molecule has 0 amide bonds. The van der Waals surface area contributed by atoms with Crippen LogP contribution in [0.25, 0.3) is 0 Å². The normalized spacial score (nSPS) is 30.8. The highest BCUT2D eigenvalue weighted by Gasteiger charge is 2.51. The summed E-state index contributed by atoms with van der Waals surface area (Å²) in [6.07, 6.45) is 4.60. The van der Waals surface area contributed by atoms with Gasteiger partial charge in [-0.2, -0.15) is 0 Å². The Hall–Kier alpha value is -0.160. The monoisotopic (exact) mass is 412 g/mol. The zero-order chi connectivity index (χ0) is 21.7. The molecule has 6 unspecified atom stereocenters. The van der Waals surface area contributed by atoms with Crippen LogP contribution in [0, 0.1) is 40.4 Å². The van der Waals surface area contributed by atoms with E-state index in [0.717, 1.165) is 43.8 Å². The van der Waals surface area contributed by atoms with Gasteiger partial charge in [-0.3, -0.25) is 0 Å². The largest absolute Gasteiger partial charge is 0.379 e. The third-order valence-corrected chi connectivity index (χ3v) is 8.02. The summed E-state index contributed by atoms with van der Waals surface area (Å²) in [6, 6.07) is 0. The molecular weight excluding hydrogens is 364 g/mol. The maximum atomic E-state index is 6.24. The highest BCUT2D eigenvalue weighted by Crippen LogP contribution is 2.56. The van der Waals surface area contributed by atoms with Gasteiger partial charge >= 0.3 is 0 Å². The van der Waals surface area contributed by atoms with Crippen molar-refractivity contribution >= 4 is 0 Å². The van der Waals surface area contributed by atoms with Gasteiger partial charge in [-0.25, -0.2) is 0 Å².